The summed E-state index contributed by atoms with van der Waals surface area (Å²) in [5, 5.41) is 4.07. The zero-order valence-electron chi connectivity index (χ0n) is 8.37. The Hall–Kier alpha value is -1.68. The second-order valence-corrected chi connectivity index (χ2v) is 3.35. The molecule has 0 atom stereocenters. The van der Waals surface area contributed by atoms with Gasteiger partial charge in [-0.25, -0.2) is 14.7 Å². The monoisotopic (exact) mass is 204 g/mol. The predicted molar refractivity (Wildman–Crippen MR) is 56.9 cm³/mol. The molecule has 77 valence electrons. The largest absolute Gasteiger partial charge is 0.325 e. The van der Waals surface area contributed by atoms with Crippen LogP contribution in [0, 0.1) is 12.7 Å². The van der Waals surface area contributed by atoms with Gasteiger partial charge in [-0.3, -0.25) is 0 Å². The van der Waals surface area contributed by atoms with E-state index in [1.807, 2.05) is 0 Å². The summed E-state index contributed by atoms with van der Waals surface area (Å²) in [6.07, 6.45) is 1.60. The van der Waals surface area contributed by atoms with Gasteiger partial charge in [0.1, 0.15) is 5.82 Å². The Labute approximate surface area is 87.5 Å². The van der Waals surface area contributed by atoms with Crippen LogP contribution in [-0.4, -0.2) is 12.4 Å². The molecule has 0 aromatic heterocycles. The third-order valence-corrected chi connectivity index (χ3v) is 2.22. The SMILES string of the molecule is Cc1ccc(C2=NC(CN)=C[N]2)cc1F. The van der Waals surface area contributed by atoms with Gasteiger partial charge in [-0.05, 0) is 18.6 Å². The summed E-state index contributed by atoms with van der Waals surface area (Å²) in [4.78, 5) is 4.17. The van der Waals surface area contributed by atoms with Crippen molar-refractivity contribution >= 4 is 5.84 Å². The summed E-state index contributed by atoms with van der Waals surface area (Å²) in [5.74, 6) is 0.279. The molecule has 0 amide bonds. The first-order valence-corrected chi connectivity index (χ1v) is 4.66. The van der Waals surface area contributed by atoms with E-state index in [1.54, 1.807) is 25.3 Å². The van der Waals surface area contributed by atoms with E-state index in [1.165, 1.54) is 6.07 Å². The molecule has 0 saturated heterocycles. The summed E-state index contributed by atoms with van der Waals surface area (Å²) in [7, 11) is 0. The number of halogens is 1. The quantitative estimate of drug-likeness (QED) is 0.775. The molecule has 0 bridgehead atoms. The Balaban J connectivity index is 2.29. The third kappa shape index (κ3) is 1.89. The Bertz CT molecular complexity index is 449. The number of aryl methyl sites for hydroxylation is 1. The fourth-order valence-electron chi connectivity index (χ4n) is 1.30. The highest BCUT2D eigenvalue weighted by atomic mass is 19.1. The topological polar surface area (TPSA) is 52.5 Å². The van der Waals surface area contributed by atoms with Crippen LogP contribution in [0.2, 0.25) is 0 Å². The van der Waals surface area contributed by atoms with Crippen molar-refractivity contribution in [3.8, 4) is 0 Å². The van der Waals surface area contributed by atoms with E-state index in [0.29, 0.717) is 29.2 Å². The smallest absolute Gasteiger partial charge is 0.159 e. The summed E-state index contributed by atoms with van der Waals surface area (Å²) in [6.45, 7) is 2.07. The first kappa shape index (κ1) is 9.86. The van der Waals surface area contributed by atoms with Crippen LogP contribution in [0.1, 0.15) is 11.1 Å². The van der Waals surface area contributed by atoms with Crippen LogP contribution in [0.4, 0.5) is 4.39 Å². The molecule has 0 aliphatic carbocycles. The van der Waals surface area contributed by atoms with Crippen LogP contribution < -0.4 is 11.1 Å². The van der Waals surface area contributed by atoms with E-state index in [0.717, 1.165) is 0 Å². The first-order valence-electron chi connectivity index (χ1n) is 4.66. The number of nitrogens with zero attached hydrogens (tertiary/aromatic N) is 2. The Morgan fingerprint density at radius 1 is 1.40 bits per heavy atom. The fourth-order valence-corrected chi connectivity index (χ4v) is 1.30. The van der Waals surface area contributed by atoms with E-state index in [4.69, 9.17) is 5.73 Å². The van der Waals surface area contributed by atoms with Gasteiger partial charge in [0.2, 0.25) is 0 Å². The molecule has 1 aromatic rings. The zero-order valence-corrected chi connectivity index (χ0v) is 8.37. The fraction of sp³-hybridized carbons (Fsp3) is 0.182. The minimum atomic E-state index is -0.244. The van der Waals surface area contributed by atoms with Crippen LogP contribution >= 0.6 is 0 Å². The zero-order chi connectivity index (χ0) is 10.8. The van der Waals surface area contributed by atoms with Crippen molar-refractivity contribution < 1.29 is 4.39 Å². The normalized spacial score (nSPS) is 14.6. The standard InChI is InChI=1S/C11H11FN3/c1-7-2-3-8(4-10(7)12)11-14-6-9(5-13)15-11/h2-4,6H,5,13H2,1H3. The van der Waals surface area contributed by atoms with Gasteiger partial charge >= 0.3 is 0 Å². The summed E-state index contributed by atoms with van der Waals surface area (Å²) in [6, 6.07) is 4.95. The predicted octanol–water partition coefficient (Wildman–Crippen LogP) is 1.30. The van der Waals surface area contributed by atoms with Gasteiger partial charge in [0.15, 0.2) is 5.84 Å². The van der Waals surface area contributed by atoms with Gasteiger partial charge in [-0.1, -0.05) is 12.1 Å². The van der Waals surface area contributed by atoms with Crippen LogP contribution in [-0.2, 0) is 0 Å². The number of aliphatic imine (C=N–C) groups is 1. The van der Waals surface area contributed by atoms with Gasteiger partial charge in [0, 0.05) is 12.1 Å². The second kappa shape index (κ2) is 3.82. The number of benzene rings is 1. The molecule has 15 heavy (non-hydrogen) atoms. The van der Waals surface area contributed by atoms with Crippen molar-refractivity contribution in [1.82, 2.24) is 5.32 Å². The van der Waals surface area contributed by atoms with Crippen molar-refractivity contribution in [2.75, 3.05) is 6.54 Å². The van der Waals surface area contributed by atoms with Crippen molar-refractivity contribution in [2.45, 2.75) is 6.92 Å². The van der Waals surface area contributed by atoms with Gasteiger partial charge < -0.3 is 5.73 Å². The average Bonchev–Trinajstić information content (AvgIpc) is 2.70. The highest BCUT2D eigenvalue weighted by molar-refractivity contribution is 6.01. The van der Waals surface area contributed by atoms with Gasteiger partial charge in [0.05, 0.1) is 11.9 Å². The average molecular weight is 204 g/mol. The summed E-state index contributed by atoms with van der Waals surface area (Å²) < 4.78 is 13.3. The molecule has 2 N–H and O–H groups in total. The molecule has 0 fully saturated rings. The lowest BCUT2D eigenvalue weighted by Crippen LogP contribution is -2.08. The molecular formula is C11H11FN3. The van der Waals surface area contributed by atoms with E-state index in [9.17, 15) is 4.39 Å². The molecule has 1 aliphatic heterocycles. The lowest BCUT2D eigenvalue weighted by molar-refractivity contribution is 0.618. The van der Waals surface area contributed by atoms with Crippen LogP contribution in [0.15, 0.2) is 35.1 Å². The molecule has 0 unspecified atom stereocenters. The maximum absolute atomic E-state index is 13.3. The highest BCUT2D eigenvalue weighted by Crippen LogP contribution is 2.13. The van der Waals surface area contributed by atoms with Crippen molar-refractivity contribution in [3.63, 3.8) is 0 Å². The molecule has 4 heteroatoms. The molecule has 1 aliphatic rings. The first-order chi connectivity index (χ1) is 7.20. The van der Waals surface area contributed by atoms with Gasteiger partial charge in [0.25, 0.3) is 0 Å². The van der Waals surface area contributed by atoms with Crippen molar-refractivity contribution in [3.05, 3.63) is 47.0 Å². The number of hydrogen-bond donors (Lipinski definition) is 1. The number of nitrogens with two attached hydrogens (primary N) is 1. The molecule has 0 spiro atoms. The molecular weight excluding hydrogens is 193 g/mol. The van der Waals surface area contributed by atoms with Crippen LogP contribution in [0.3, 0.4) is 0 Å². The molecule has 1 aromatic carbocycles. The molecule has 0 saturated carbocycles. The number of amidine groups is 1. The summed E-state index contributed by atoms with van der Waals surface area (Å²) >= 11 is 0. The maximum Gasteiger partial charge on any atom is 0.159 e. The lowest BCUT2D eigenvalue weighted by Gasteiger charge is -2.01. The van der Waals surface area contributed by atoms with Gasteiger partial charge in [-0.15, -0.1) is 0 Å². The Kier molecular flexibility index (Phi) is 2.51. The Morgan fingerprint density at radius 2 is 2.20 bits per heavy atom. The maximum atomic E-state index is 13.3. The molecule has 3 nitrogen and oxygen atoms in total. The van der Waals surface area contributed by atoms with Crippen LogP contribution in [0.5, 0.6) is 0 Å². The number of hydrogen-bond acceptors (Lipinski definition) is 2. The molecule has 1 radical (unpaired) electrons. The van der Waals surface area contributed by atoms with E-state index in [2.05, 4.69) is 10.3 Å². The lowest BCUT2D eigenvalue weighted by atomic mass is 10.1. The minimum absolute atomic E-state index is 0.244. The van der Waals surface area contributed by atoms with E-state index >= 15 is 0 Å². The molecule has 1 heterocycles. The van der Waals surface area contributed by atoms with Crippen molar-refractivity contribution in [2.24, 2.45) is 10.7 Å². The number of rotatable bonds is 2. The highest BCUT2D eigenvalue weighted by Gasteiger charge is 2.12. The summed E-state index contributed by atoms with van der Waals surface area (Å²) in [5.41, 5.74) is 7.43. The minimum Gasteiger partial charge on any atom is -0.325 e. The van der Waals surface area contributed by atoms with E-state index < -0.39 is 0 Å². The van der Waals surface area contributed by atoms with Gasteiger partial charge in [-0.2, -0.15) is 0 Å². The second-order valence-electron chi connectivity index (χ2n) is 3.35. The molecule has 2 rings (SSSR count). The van der Waals surface area contributed by atoms with E-state index in [-0.39, 0.29) is 5.82 Å². The van der Waals surface area contributed by atoms with Crippen LogP contribution in [0.25, 0.3) is 0 Å². The van der Waals surface area contributed by atoms with Crippen molar-refractivity contribution in [1.29, 1.82) is 0 Å². The Morgan fingerprint density at radius 3 is 2.80 bits per heavy atom. The third-order valence-electron chi connectivity index (χ3n) is 2.22.